The lowest BCUT2D eigenvalue weighted by molar-refractivity contribution is 0.309. The third kappa shape index (κ3) is 3.57. The molecule has 0 N–H and O–H groups in total. The number of ether oxygens (including phenoxy) is 1. The van der Waals surface area contributed by atoms with E-state index in [1.807, 2.05) is 44.2 Å². The minimum Gasteiger partial charge on any atom is -0.488 e. The monoisotopic (exact) mass is 370 g/mol. The van der Waals surface area contributed by atoms with Crippen molar-refractivity contribution in [1.29, 1.82) is 0 Å². The number of para-hydroxylation sites is 1. The van der Waals surface area contributed by atoms with E-state index >= 15 is 0 Å². The third-order valence-corrected chi connectivity index (χ3v) is 6.01. The molecule has 26 heavy (non-hydrogen) atoms. The zero-order valence-electron chi connectivity index (χ0n) is 15.4. The molecule has 0 unspecified atom stereocenters. The van der Waals surface area contributed by atoms with Crippen LogP contribution in [0, 0.1) is 13.8 Å². The summed E-state index contributed by atoms with van der Waals surface area (Å²) in [6.45, 7) is 4.24. The SMILES string of the molecule is Cc1cc(OCc2cccc(S(=O)(=O)N(C)C)c2)c2cccc(C)c2n1. The number of rotatable bonds is 5. The Morgan fingerprint density at radius 2 is 1.77 bits per heavy atom. The third-order valence-electron chi connectivity index (χ3n) is 4.20. The van der Waals surface area contributed by atoms with Gasteiger partial charge in [-0.3, -0.25) is 4.98 Å². The van der Waals surface area contributed by atoms with Crippen LogP contribution < -0.4 is 4.74 Å². The molecular weight excluding hydrogens is 348 g/mol. The summed E-state index contributed by atoms with van der Waals surface area (Å²) >= 11 is 0. The molecule has 0 aliphatic rings. The number of hydrogen-bond donors (Lipinski definition) is 0. The molecular formula is C20H22N2O3S. The lowest BCUT2D eigenvalue weighted by atomic mass is 10.1. The van der Waals surface area contributed by atoms with E-state index in [2.05, 4.69) is 4.98 Å². The Bertz CT molecular complexity index is 1060. The van der Waals surface area contributed by atoms with Crippen molar-refractivity contribution in [2.75, 3.05) is 14.1 Å². The molecule has 1 heterocycles. The van der Waals surface area contributed by atoms with Crippen LogP contribution in [0.3, 0.4) is 0 Å². The van der Waals surface area contributed by atoms with E-state index in [9.17, 15) is 8.42 Å². The van der Waals surface area contributed by atoms with Gasteiger partial charge in [0.2, 0.25) is 10.0 Å². The summed E-state index contributed by atoms with van der Waals surface area (Å²) in [5, 5.41) is 0.952. The highest BCUT2D eigenvalue weighted by Gasteiger charge is 2.17. The Kier molecular flexibility index (Phi) is 4.98. The maximum absolute atomic E-state index is 12.3. The van der Waals surface area contributed by atoms with Gasteiger partial charge < -0.3 is 4.74 Å². The van der Waals surface area contributed by atoms with Crippen molar-refractivity contribution < 1.29 is 13.2 Å². The van der Waals surface area contributed by atoms with Gasteiger partial charge >= 0.3 is 0 Å². The van der Waals surface area contributed by atoms with Crippen LogP contribution in [-0.4, -0.2) is 31.8 Å². The fourth-order valence-corrected chi connectivity index (χ4v) is 3.74. The average Bonchev–Trinajstić information content (AvgIpc) is 2.60. The van der Waals surface area contributed by atoms with Crippen molar-refractivity contribution in [3.05, 3.63) is 65.4 Å². The molecule has 1 aromatic heterocycles. The van der Waals surface area contributed by atoms with Crippen LogP contribution in [0.25, 0.3) is 10.9 Å². The van der Waals surface area contributed by atoms with Crippen molar-refractivity contribution in [3.8, 4) is 5.75 Å². The number of aromatic nitrogens is 1. The highest BCUT2D eigenvalue weighted by molar-refractivity contribution is 7.89. The van der Waals surface area contributed by atoms with E-state index in [4.69, 9.17) is 4.74 Å². The Morgan fingerprint density at radius 1 is 1.04 bits per heavy atom. The van der Waals surface area contributed by atoms with Crippen LogP contribution in [0.5, 0.6) is 5.75 Å². The number of pyridine rings is 1. The first-order chi connectivity index (χ1) is 12.3. The van der Waals surface area contributed by atoms with Gasteiger partial charge in [-0.1, -0.05) is 24.3 Å². The van der Waals surface area contributed by atoms with E-state index in [0.717, 1.165) is 33.5 Å². The van der Waals surface area contributed by atoms with Gasteiger partial charge in [0, 0.05) is 31.2 Å². The summed E-state index contributed by atoms with van der Waals surface area (Å²) in [4.78, 5) is 4.85. The van der Waals surface area contributed by atoms with Crippen LogP contribution in [0.1, 0.15) is 16.8 Å². The normalized spacial score (nSPS) is 11.9. The molecule has 0 atom stereocenters. The van der Waals surface area contributed by atoms with Crippen LogP contribution >= 0.6 is 0 Å². The number of fused-ring (bicyclic) bond motifs is 1. The lowest BCUT2D eigenvalue weighted by Crippen LogP contribution is -2.22. The topological polar surface area (TPSA) is 59.5 Å². The van der Waals surface area contributed by atoms with Gasteiger partial charge in [-0.2, -0.15) is 0 Å². The average molecular weight is 370 g/mol. The minimum absolute atomic E-state index is 0.259. The molecule has 0 aliphatic carbocycles. The molecule has 0 bridgehead atoms. The predicted octanol–water partition coefficient (Wildman–Crippen LogP) is 3.68. The highest BCUT2D eigenvalue weighted by Crippen LogP contribution is 2.28. The molecule has 6 heteroatoms. The summed E-state index contributed by atoms with van der Waals surface area (Å²) in [6, 6.07) is 14.7. The number of benzene rings is 2. The standard InChI is InChI=1S/C20H22N2O3S/c1-14-7-5-10-18-19(11-15(2)21-20(14)18)25-13-16-8-6-9-17(12-16)26(23,24)22(3)4/h5-12H,13H2,1-4H3. The number of sulfonamides is 1. The van der Waals surface area contributed by atoms with Gasteiger partial charge in [0.1, 0.15) is 12.4 Å². The van der Waals surface area contributed by atoms with E-state index in [1.54, 1.807) is 18.2 Å². The van der Waals surface area contributed by atoms with Gasteiger partial charge in [-0.05, 0) is 43.2 Å². The maximum Gasteiger partial charge on any atom is 0.242 e. The second kappa shape index (κ2) is 7.05. The van der Waals surface area contributed by atoms with Gasteiger partial charge in [-0.15, -0.1) is 0 Å². The molecule has 2 aromatic carbocycles. The number of hydrogen-bond acceptors (Lipinski definition) is 4. The zero-order chi connectivity index (χ0) is 18.9. The fourth-order valence-electron chi connectivity index (χ4n) is 2.77. The van der Waals surface area contributed by atoms with Gasteiger partial charge in [0.05, 0.1) is 10.4 Å². The summed E-state index contributed by atoms with van der Waals surface area (Å²) in [5.41, 5.74) is 3.69. The number of nitrogens with zero attached hydrogens (tertiary/aromatic N) is 2. The van der Waals surface area contributed by atoms with E-state index < -0.39 is 10.0 Å². The molecule has 0 spiro atoms. The molecule has 136 valence electrons. The largest absolute Gasteiger partial charge is 0.488 e. The minimum atomic E-state index is -3.46. The van der Waals surface area contributed by atoms with Crippen molar-refractivity contribution >= 4 is 20.9 Å². The molecule has 0 fully saturated rings. The highest BCUT2D eigenvalue weighted by atomic mass is 32.2. The predicted molar refractivity (Wildman–Crippen MR) is 103 cm³/mol. The Labute approximate surface area is 154 Å². The molecule has 3 rings (SSSR count). The molecule has 0 radical (unpaired) electrons. The molecule has 3 aromatic rings. The van der Waals surface area contributed by atoms with Crippen molar-refractivity contribution in [2.45, 2.75) is 25.3 Å². The van der Waals surface area contributed by atoms with Crippen molar-refractivity contribution in [1.82, 2.24) is 9.29 Å². The molecule has 0 saturated heterocycles. The van der Waals surface area contributed by atoms with Crippen LogP contribution in [-0.2, 0) is 16.6 Å². The first-order valence-electron chi connectivity index (χ1n) is 8.30. The van der Waals surface area contributed by atoms with Crippen LogP contribution in [0.4, 0.5) is 0 Å². The summed E-state index contributed by atoms with van der Waals surface area (Å²) in [5.74, 6) is 0.747. The Morgan fingerprint density at radius 3 is 2.50 bits per heavy atom. The maximum atomic E-state index is 12.3. The fraction of sp³-hybridized carbons (Fsp3) is 0.250. The summed E-state index contributed by atoms with van der Waals surface area (Å²) in [7, 11) is -0.420. The smallest absolute Gasteiger partial charge is 0.242 e. The summed E-state index contributed by atoms with van der Waals surface area (Å²) < 4.78 is 31.8. The lowest BCUT2D eigenvalue weighted by Gasteiger charge is -2.14. The second-order valence-electron chi connectivity index (χ2n) is 6.46. The van der Waals surface area contributed by atoms with Crippen LogP contribution in [0.15, 0.2) is 53.4 Å². The molecule has 0 amide bonds. The molecule has 5 nitrogen and oxygen atoms in total. The molecule has 0 aliphatic heterocycles. The van der Waals surface area contributed by atoms with E-state index in [1.165, 1.54) is 18.4 Å². The first kappa shape index (κ1) is 18.4. The Balaban J connectivity index is 1.91. The first-order valence-corrected chi connectivity index (χ1v) is 9.74. The zero-order valence-corrected chi connectivity index (χ0v) is 16.2. The van der Waals surface area contributed by atoms with Crippen molar-refractivity contribution in [3.63, 3.8) is 0 Å². The van der Waals surface area contributed by atoms with E-state index in [0.29, 0.717) is 0 Å². The molecule has 0 saturated carbocycles. The second-order valence-corrected chi connectivity index (χ2v) is 8.61. The quantitative estimate of drug-likeness (QED) is 0.687. The number of aryl methyl sites for hydroxylation is 2. The van der Waals surface area contributed by atoms with Gasteiger partial charge in [0.25, 0.3) is 0 Å². The summed E-state index contributed by atoms with van der Waals surface area (Å²) in [6.07, 6.45) is 0. The van der Waals surface area contributed by atoms with E-state index in [-0.39, 0.29) is 11.5 Å². The van der Waals surface area contributed by atoms with Gasteiger partial charge in [-0.25, -0.2) is 12.7 Å². The van der Waals surface area contributed by atoms with Gasteiger partial charge in [0.15, 0.2) is 0 Å². The van der Waals surface area contributed by atoms with Crippen molar-refractivity contribution in [2.24, 2.45) is 0 Å². The van der Waals surface area contributed by atoms with Crippen LogP contribution in [0.2, 0.25) is 0 Å². The Hall–Kier alpha value is -2.44.